The summed E-state index contributed by atoms with van der Waals surface area (Å²) >= 11 is 1.40. The van der Waals surface area contributed by atoms with Crippen molar-refractivity contribution in [1.29, 1.82) is 0 Å². The fraction of sp³-hybridized carbons (Fsp3) is 0.273. The number of alkyl halides is 3. The minimum atomic E-state index is -4.22. The number of aryl methyl sites for hydroxylation is 1. The van der Waals surface area contributed by atoms with Crippen LogP contribution in [0.3, 0.4) is 0 Å². The Morgan fingerprint density at radius 3 is 2.73 bits per heavy atom. The third-order valence-corrected chi connectivity index (χ3v) is 3.23. The molecule has 1 aliphatic rings. The molecule has 2 rings (SSSR count). The van der Waals surface area contributed by atoms with Crippen LogP contribution in [0.2, 0.25) is 0 Å². The molecular formula is C11H9F3S. The van der Waals surface area contributed by atoms with Crippen molar-refractivity contribution in [2.75, 3.05) is 0 Å². The molecule has 15 heavy (non-hydrogen) atoms. The monoisotopic (exact) mass is 230 g/mol. The van der Waals surface area contributed by atoms with E-state index in [0.29, 0.717) is 4.88 Å². The van der Waals surface area contributed by atoms with Crippen molar-refractivity contribution >= 4 is 23.5 Å². The first-order chi connectivity index (χ1) is 6.97. The summed E-state index contributed by atoms with van der Waals surface area (Å²) in [5.74, 6) is 0. The van der Waals surface area contributed by atoms with Crippen molar-refractivity contribution in [2.45, 2.75) is 19.5 Å². The first-order valence-corrected chi connectivity index (χ1v) is 5.33. The van der Waals surface area contributed by atoms with Gasteiger partial charge in [0.1, 0.15) is 0 Å². The first kappa shape index (κ1) is 10.5. The molecule has 0 saturated carbocycles. The molecule has 0 atom stereocenters. The van der Waals surface area contributed by atoms with Crippen LogP contribution in [-0.2, 0) is 0 Å². The van der Waals surface area contributed by atoms with Crippen molar-refractivity contribution in [3.63, 3.8) is 0 Å². The Balaban J connectivity index is 2.48. The Morgan fingerprint density at radius 1 is 1.33 bits per heavy atom. The molecule has 0 spiro atoms. The Hall–Kier alpha value is -1.03. The lowest BCUT2D eigenvalue weighted by Crippen LogP contribution is -2.10. The number of thiophene rings is 1. The van der Waals surface area contributed by atoms with Crippen LogP contribution in [-0.4, -0.2) is 6.18 Å². The van der Waals surface area contributed by atoms with E-state index in [2.05, 4.69) is 0 Å². The third kappa shape index (κ3) is 2.15. The molecule has 0 unspecified atom stereocenters. The van der Waals surface area contributed by atoms with Crippen molar-refractivity contribution in [3.8, 4) is 0 Å². The second kappa shape index (κ2) is 3.52. The summed E-state index contributed by atoms with van der Waals surface area (Å²) in [6, 6.07) is 1.91. The number of hydrogen-bond donors (Lipinski definition) is 0. The van der Waals surface area contributed by atoms with Gasteiger partial charge in [-0.3, -0.25) is 0 Å². The summed E-state index contributed by atoms with van der Waals surface area (Å²) in [6.45, 7) is 1.90. The van der Waals surface area contributed by atoms with Crippen LogP contribution in [0, 0.1) is 6.92 Å². The molecule has 0 aromatic carbocycles. The molecule has 0 radical (unpaired) electrons. The molecule has 80 valence electrons. The third-order valence-electron chi connectivity index (χ3n) is 2.22. The fourth-order valence-electron chi connectivity index (χ4n) is 1.52. The minimum Gasteiger partial charge on any atom is -0.166 e. The molecule has 0 bridgehead atoms. The molecule has 1 aliphatic carbocycles. The van der Waals surface area contributed by atoms with E-state index < -0.39 is 11.7 Å². The highest BCUT2D eigenvalue weighted by Crippen LogP contribution is 2.35. The molecule has 1 heterocycles. The molecule has 1 aromatic rings. The molecule has 0 fully saturated rings. The van der Waals surface area contributed by atoms with Gasteiger partial charge in [-0.1, -0.05) is 12.2 Å². The summed E-state index contributed by atoms with van der Waals surface area (Å²) in [5.41, 5.74) is 0.413. The summed E-state index contributed by atoms with van der Waals surface area (Å²) in [7, 11) is 0. The van der Waals surface area contributed by atoms with Gasteiger partial charge in [0.15, 0.2) is 0 Å². The van der Waals surface area contributed by atoms with Gasteiger partial charge in [-0.2, -0.15) is 13.2 Å². The molecule has 1 aromatic heterocycles. The predicted molar refractivity (Wildman–Crippen MR) is 56.7 cm³/mol. The molecule has 0 N–H and O–H groups in total. The Labute approximate surface area is 89.7 Å². The predicted octanol–water partition coefficient (Wildman–Crippen LogP) is 4.42. The van der Waals surface area contributed by atoms with Crippen LogP contribution < -0.4 is 0 Å². The highest BCUT2D eigenvalue weighted by molar-refractivity contribution is 7.13. The van der Waals surface area contributed by atoms with Crippen molar-refractivity contribution in [3.05, 3.63) is 33.0 Å². The Bertz CT molecular complexity index is 435. The van der Waals surface area contributed by atoms with E-state index in [1.165, 1.54) is 17.4 Å². The molecule has 0 saturated heterocycles. The van der Waals surface area contributed by atoms with Crippen LogP contribution in [0.25, 0.3) is 12.2 Å². The van der Waals surface area contributed by atoms with Crippen LogP contribution >= 0.6 is 11.3 Å². The lowest BCUT2D eigenvalue weighted by molar-refractivity contribution is -0.0918. The highest BCUT2D eigenvalue weighted by Gasteiger charge is 2.33. The van der Waals surface area contributed by atoms with Gasteiger partial charge in [0, 0.05) is 15.3 Å². The van der Waals surface area contributed by atoms with Crippen molar-refractivity contribution < 1.29 is 13.2 Å². The Kier molecular flexibility index (Phi) is 2.46. The molecule has 4 heteroatoms. The quantitative estimate of drug-likeness (QED) is 0.619. The van der Waals surface area contributed by atoms with E-state index in [1.54, 1.807) is 12.2 Å². The topological polar surface area (TPSA) is 0 Å². The molecular weight excluding hydrogens is 221 g/mol. The molecule has 0 amide bonds. The van der Waals surface area contributed by atoms with Crippen LogP contribution in [0.1, 0.15) is 21.7 Å². The van der Waals surface area contributed by atoms with Gasteiger partial charge >= 0.3 is 6.18 Å². The maximum atomic E-state index is 12.5. The second-order valence-corrected chi connectivity index (χ2v) is 4.74. The maximum absolute atomic E-state index is 12.5. The van der Waals surface area contributed by atoms with E-state index >= 15 is 0 Å². The van der Waals surface area contributed by atoms with E-state index in [4.69, 9.17) is 0 Å². The van der Waals surface area contributed by atoms with Gasteiger partial charge in [-0.25, -0.2) is 0 Å². The van der Waals surface area contributed by atoms with Crippen molar-refractivity contribution in [2.24, 2.45) is 0 Å². The van der Waals surface area contributed by atoms with E-state index in [9.17, 15) is 13.2 Å². The zero-order chi connectivity index (χ0) is 11.1. The van der Waals surface area contributed by atoms with Crippen LogP contribution in [0.15, 0.2) is 17.7 Å². The standard InChI is InChI=1S/C11H9F3S/c1-7-5-8-3-2-4-9(11(12,13)14)6-10(8)15-7/h2-3,5-6H,4H2,1H3. The zero-order valence-electron chi connectivity index (χ0n) is 8.06. The van der Waals surface area contributed by atoms with Crippen molar-refractivity contribution in [1.82, 2.24) is 0 Å². The summed E-state index contributed by atoms with van der Waals surface area (Å²) in [6.07, 6.45) is 0.326. The lowest BCUT2D eigenvalue weighted by Gasteiger charge is -2.07. The van der Waals surface area contributed by atoms with E-state index in [1.807, 2.05) is 13.0 Å². The fourth-order valence-corrected chi connectivity index (χ4v) is 2.50. The summed E-state index contributed by atoms with van der Waals surface area (Å²) < 4.78 is 37.6. The minimum absolute atomic E-state index is 0.0378. The van der Waals surface area contributed by atoms with Gasteiger partial charge in [0.2, 0.25) is 0 Å². The maximum Gasteiger partial charge on any atom is 0.413 e. The van der Waals surface area contributed by atoms with Gasteiger partial charge in [-0.15, -0.1) is 11.3 Å². The van der Waals surface area contributed by atoms with Gasteiger partial charge in [-0.05, 0) is 31.1 Å². The van der Waals surface area contributed by atoms with Gasteiger partial charge < -0.3 is 0 Å². The lowest BCUT2D eigenvalue weighted by atomic mass is 10.2. The second-order valence-electron chi connectivity index (χ2n) is 3.45. The number of fused-ring (bicyclic) bond motifs is 1. The SMILES string of the molecule is Cc1cc2c(s1)C=C(C(F)(F)F)CC=C2. The van der Waals surface area contributed by atoms with E-state index in [0.717, 1.165) is 10.4 Å². The molecule has 0 nitrogen and oxygen atoms in total. The average molecular weight is 230 g/mol. The largest absolute Gasteiger partial charge is 0.413 e. The van der Waals surface area contributed by atoms with Crippen LogP contribution in [0.5, 0.6) is 0 Å². The first-order valence-electron chi connectivity index (χ1n) is 4.51. The number of rotatable bonds is 0. The highest BCUT2D eigenvalue weighted by atomic mass is 32.1. The molecule has 0 aliphatic heterocycles. The van der Waals surface area contributed by atoms with Gasteiger partial charge in [0.05, 0.1) is 0 Å². The normalized spacial score (nSPS) is 15.9. The average Bonchev–Trinajstić information content (AvgIpc) is 2.30. The number of halogens is 3. The summed E-state index contributed by atoms with van der Waals surface area (Å²) in [5, 5.41) is 0. The summed E-state index contributed by atoms with van der Waals surface area (Å²) in [4.78, 5) is 1.73. The number of hydrogen-bond acceptors (Lipinski definition) is 1. The number of allylic oxidation sites excluding steroid dienone is 2. The Morgan fingerprint density at radius 2 is 2.07 bits per heavy atom. The zero-order valence-corrected chi connectivity index (χ0v) is 8.88. The van der Waals surface area contributed by atoms with Crippen LogP contribution in [0.4, 0.5) is 13.2 Å². The smallest absolute Gasteiger partial charge is 0.166 e. The van der Waals surface area contributed by atoms with Gasteiger partial charge in [0.25, 0.3) is 0 Å². The van der Waals surface area contributed by atoms with E-state index in [-0.39, 0.29) is 6.42 Å².